The lowest BCUT2D eigenvalue weighted by atomic mass is 10.1. The number of carbonyl (C=O) groups is 1. The first-order chi connectivity index (χ1) is 9.16. The minimum Gasteiger partial charge on any atom is -0.380 e. The van der Waals surface area contributed by atoms with Gasteiger partial charge in [-0.2, -0.15) is 0 Å². The Kier molecular flexibility index (Phi) is 4.70. The minimum absolute atomic E-state index is 0.144. The van der Waals surface area contributed by atoms with Crippen molar-refractivity contribution >= 4 is 5.91 Å². The molecule has 0 radical (unpaired) electrons. The number of nitrogens with zero attached hydrogens (tertiary/aromatic N) is 1. The fraction of sp³-hybridized carbons (Fsp3) is 0.538. The van der Waals surface area contributed by atoms with Gasteiger partial charge in [0.25, 0.3) is 11.5 Å². The van der Waals surface area contributed by atoms with Gasteiger partial charge >= 0.3 is 0 Å². The van der Waals surface area contributed by atoms with Gasteiger partial charge in [-0.05, 0) is 19.2 Å². The third kappa shape index (κ3) is 3.90. The van der Waals surface area contributed by atoms with Gasteiger partial charge in [0.15, 0.2) is 0 Å². The molecule has 0 saturated carbocycles. The third-order valence-electron chi connectivity index (χ3n) is 3.15. The first-order valence-corrected chi connectivity index (χ1v) is 6.39. The summed E-state index contributed by atoms with van der Waals surface area (Å²) >= 11 is 0. The van der Waals surface area contributed by atoms with Crippen LogP contribution in [0.2, 0.25) is 0 Å². The lowest BCUT2D eigenvalue weighted by Gasteiger charge is -2.19. The molecule has 0 aromatic carbocycles. The number of rotatable bonds is 3. The van der Waals surface area contributed by atoms with Crippen molar-refractivity contribution in [3.8, 4) is 0 Å². The molecular formula is C13H19N3O3. The van der Waals surface area contributed by atoms with E-state index in [1.807, 2.05) is 7.05 Å². The second-order valence-corrected chi connectivity index (χ2v) is 4.83. The average molecular weight is 265 g/mol. The summed E-state index contributed by atoms with van der Waals surface area (Å²) in [6.07, 6.45) is 1.51. The van der Waals surface area contributed by atoms with Crippen LogP contribution in [0.1, 0.15) is 10.4 Å². The summed E-state index contributed by atoms with van der Waals surface area (Å²) in [4.78, 5) is 28.0. The minimum atomic E-state index is -0.366. The number of nitrogens with one attached hydrogen (secondary N) is 2. The zero-order valence-corrected chi connectivity index (χ0v) is 11.0. The van der Waals surface area contributed by atoms with Crippen molar-refractivity contribution < 1.29 is 9.53 Å². The summed E-state index contributed by atoms with van der Waals surface area (Å²) in [6.45, 7) is 3.65. The van der Waals surface area contributed by atoms with Gasteiger partial charge in [-0.3, -0.25) is 9.59 Å². The molecule has 1 amide bonds. The molecule has 19 heavy (non-hydrogen) atoms. The van der Waals surface area contributed by atoms with Crippen molar-refractivity contribution in [1.29, 1.82) is 0 Å². The monoisotopic (exact) mass is 265 g/mol. The lowest BCUT2D eigenvalue weighted by molar-refractivity contribution is 0.0920. The molecule has 1 saturated heterocycles. The number of carbonyl (C=O) groups excluding carboxylic acids is 1. The van der Waals surface area contributed by atoms with E-state index in [2.05, 4.69) is 15.2 Å². The van der Waals surface area contributed by atoms with Crippen molar-refractivity contribution in [3.05, 3.63) is 34.2 Å². The van der Waals surface area contributed by atoms with Crippen molar-refractivity contribution in [2.75, 3.05) is 39.9 Å². The molecule has 6 nitrogen and oxygen atoms in total. The van der Waals surface area contributed by atoms with Crippen LogP contribution in [0.25, 0.3) is 0 Å². The first-order valence-electron chi connectivity index (χ1n) is 6.39. The Morgan fingerprint density at radius 2 is 2.47 bits per heavy atom. The molecule has 2 N–H and O–H groups in total. The van der Waals surface area contributed by atoms with Crippen LogP contribution in [0, 0.1) is 5.92 Å². The third-order valence-corrected chi connectivity index (χ3v) is 3.15. The number of hydrogen-bond donors (Lipinski definition) is 2. The number of aromatic nitrogens is 1. The van der Waals surface area contributed by atoms with E-state index in [9.17, 15) is 9.59 Å². The lowest BCUT2D eigenvalue weighted by Crippen LogP contribution is -2.37. The van der Waals surface area contributed by atoms with E-state index in [0.29, 0.717) is 13.2 Å². The first kappa shape index (κ1) is 13.8. The number of ether oxygens (including phenoxy) is 1. The van der Waals surface area contributed by atoms with E-state index in [1.54, 1.807) is 6.07 Å². The maximum Gasteiger partial charge on any atom is 0.260 e. The van der Waals surface area contributed by atoms with Crippen molar-refractivity contribution in [1.82, 2.24) is 15.2 Å². The number of hydrogen-bond acceptors (Lipinski definition) is 4. The highest BCUT2D eigenvalue weighted by Gasteiger charge is 2.17. The molecule has 1 atom stereocenters. The standard InChI is InChI=1S/C13H19N3O3/c1-16-5-6-19-9-10(8-16)7-15-13(18)11-3-2-4-14-12(11)17/h2-4,10H,5-9H2,1H3,(H,14,17)(H,15,18). The second-order valence-electron chi connectivity index (χ2n) is 4.83. The van der Waals surface area contributed by atoms with Gasteiger partial charge in [0.05, 0.1) is 13.2 Å². The number of aromatic amines is 1. The van der Waals surface area contributed by atoms with Crippen LogP contribution in [0.15, 0.2) is 23.1 Å². The molecular weight excluding hydrogens is 246 g/mol. The zero-order valence-electron chi connectivity index (χ0n) is 11.0. The maximum atomic E-state index is 11.9. The molecule has 0 aliphatic carbocycles. The van der Waals surface area contributed by atoms with Gasteiger partial charge < -0.3 is 19.9 Å². The van der Waals surface area contributed by atoms with E-state index in [4.69, 9.17) is 4.74 Å². The van der Waals surface area contributed by atoms with Gasteiger partial charge in [0.2, 0.25) is 0 Å². The van der Waals surface area contributed by atoms with E-state index < -0.39 is 0 Å². The fourth-order valence-corrected chi connectivity index (χ4v) is 2.11. The smallest absolute Gasteiger partial charge is 0.260 e. The Balaban J connectivity index is 1.90. The Morgan fingerprint density at radius 1 is 1.63 bits per heavy atom. The Labute approximate surface area is 111 Å². The molecule has 0 spiro atoms. The summed E-state index contributed by atoms with van der Waals surface area (Å²) in [5, 5.41) is 2.79. The molecule has 0 bridgehead atoms. The Morgan fingerprint density at radius 3 is 3.26 bits per heavy atom. The van der Waals surface area contributed by atoms with Gasteiger partial charge in [-0.1, -0.05) is 0 Å². The predicted molar refractivity (Wildman–Crippen MR) is 71.2 cm³/mol. The van der Waals surface area contributed by atoms with Gasteiger partial charge in [-0.25, -0.2) is 0 Å². The van der Waals surface area contributed by atoms with Crippen LogP contribution in [-0.2, 0) is 4.74 Å². The van der Waals surface area contributed by atoms with Crippen LogP contribution < -0.4 is 10.9 Å². The van der Waals surface area contributed by atoms with E-state index in [1.165, 1.54) is 12.3 Å². The molecule has 1 aliphatic rings. The number of likely N-dealkylation sites (N-methyl/N-ethyl adjacent to an activating group) is 1. The molecule has 1 fully saturated rings. The van der Waals surface area contributed by atoms with Crippen LogP contribution in [-0.4, -0.2) is 55.7 Å². The number of pyridine rings is 1. The molecule has 6 heteroatoms. The molecule has 1 aromatic heterocycles. The van der Waals surface area contributed by atoms with Crippen molar-refractivity contribution in [2.45, 2.75) is 0 Å². The van der Waals surface area contributed by atoms with Crippen LogP contribution >= 0.6 is 0 Å². The van der Waals surface area contributed by atoms with Crippen molar-refractivity contribution in [3.63, 3.8) is 0 Å². The van der Waals surface area contributed by atoms with Crippen molar-refractivity contribution in [2.24, 2.45) is 5.92 Å². The Bertz CT molecular complexity index is 486. The highest BCUT2D eigenvalue weighted by molar-refractivity contribution is 5.93. The average Bonchev–Trinajstić information content (AvgIpc) is 2.61. The zero-order chi connectivity index (χ0) is 13.7. The fourth-order valence-electron chi connectivity index (χ4n) is 2.11. The van der Waals surface area contributed by atoms with Crippen LogP contribution in [0.4, 0.5) is 0 Å². The number of H-pyrrole nitrogens is 1. The van der Waals surface area contributed by atoms with Gasteiger partial charge in [0, 0.05) is 31.7 Å². The number of amides is 1. The van der Waals surface area contributed by atoms with Gasteiger partial charge in [0.1, 0.15) is 5.56 Å². The molecule has 1 aliphatic heterocycles. The largest absolute Gasteiger partial charge is 0.380 e. The highest BCUT2D eigenvalue weighted by atomic mass is 16.5. The maximum absolute atomic E-state index is 11.9. The quantitative estimate of drug-likeness (QED) is 0.785. The summed E-state index contributed by atoms with van der Waals surface area (Å²) in [5.41, 5.74) is -0.223. The summed E-state index contributed by atoms with van der Waals surface area (Å²) < 4.78 is 5.48. The molecule has 1 aromatic rings. The van der Waals surface area contributed by atoms with E-state index >= 15 is 0 Å². The topological polar surface area (TPSA) is 74.4 Å². The molecule has 2 heterocycles. The summed E-state index contributed by atoms with van der Waals surface area (Å²) in [6, 6.07) is 3.16. The van der Waals surface area contributed by atoms with E-state index in [-0.39, 0.29) is 22.9 Å². The second kappa shape index (κ2) is 6.49. The molecule has 2 rings (SSSR count). The summed E-state index contributed by atoms with van der Waals surface area (Å²) in [7, 11) is 2.03. The SMILES string of the molecule is CN1CCOCC(CNC(=O)c2ccc[nH]c2=O)C1. The summed E-state index contributed by atoms with van der Waals surface area (Å²) in [5.74, 6) is -0.0898. The molecule has 1 unspecified atom stereocenters. The Hall–Kier alpha value is -1.66. The highest BCUT2D eigenvalue weighted by Crippen LogP contribution is 2.04. The normalized spacial score (nSPS) is 20.8. The van der Waals surface area contributed by atoms with Crippen LogP contribution in [0.5, 0.6) is 0 Å². The predicted octanol–water partition coefficient (Wildman–Crippen LogP) is -0.317. The van der Waals surface area contributed by atoms with E-state index in [0.717, 1.165) is 19.7 Å². The molecule has 104 valence electrons. The van der Waals surface area contributed by atoms with Gasteiger partial charge in [-0.15, -0.1) is 0 Å². The van der Waals surface area contributed by atoms with Crippen LogP contribution in [0.3, 0.4) is 0 Å².